The average molecular weight is 415 g/mol. The lowest BCUT2D eigenvalue weighted by atomic mass is 10.1. The van der Waals surface area contributed by atoms with E-state index in [9.17, 15) is 14.7 Å². The topological polar surface area (TPSA) is 86.6 Å². The summed E-state index contributed by atoms with van der Waals surface area (Å²) in [5.41, 5.74) is 0.291. The van der Waals surface area contributed by atoms with Crippen LogP contribution in [0.3, 0.4) is 0 Å². The summed E-state index contributed by atoms with van der Waals surface area (Å²) in [6.07, 6.45) is 0. The first-order valence-corrected chi connectivity index (χ1v) is 7.30. The highest BCUT2D eigenvalue weighted by atomic mass is 79.9. The molecule has 21 heavy (non-hydrogen) atoms. The SMILES string of the molecule is O=C(Nc1ccc(O)cc1C(=O)O)c1ccc(Br)cc1Br. The Hall–Kier alpha value is -1.86. The maximum atomic E-state index is 12.2. The minimum Gasteiger partial charge on any atom is -0.508 e. The number of hydrogen-bond donors (Lipinski definition) is 3. The molecule has 2 rings (SSSR count). The van der Waals surface area contributed by atoms with Gasteiger partial charge in [-0.3, -0.25) is 4.79 Å². The lowest BCUT2D eigenvalue weighted by Gasteiger charge is -2.10. The number of hydrogen-bond acceptors (Lipinski definition) is 3. The van der Waals surface area contributed by atoms with Crippen LogP contribution >= 0.6 is 31.9 Å². The predicted molar refractivity (Wildman–Crippen MR) is 84.9 cm³/mol. The number of anilines is 1. The molecule has 0 aliphatic heterocycles. The molecule has 2 aromatic rings. The number of aromatic carboxylic acids is 1. The molecule has 0 atom stereocenters. The number of aromatic hydroxyl groups is 1. The molecular weight excluding hydrogens is 406 g/mol. The molecule has 0 saturated heterocycles. The van der Waals surface area contributed by atoms with Gasteiger partial charge in [-0.2, -0.15) is 0 Å². The number of carbonyl (C=O) groups is 2. The van der Waals surface area contributed by atoms with Gasteiger partial charge in [0, 0.05) is 8.95 Å². The van der Waals surface area contributed by atoms with E-state index in [1.807, 2.05) is 0 Å². The number of carbonyl (C=O) groups excluding carboxylic acids is 1. The highest BCUT2D eigenvalue weighted by molar-refractivity contribution is 9.11. The Morgan fingerprint density at radius 2 is 1.71 bits per heavy atom. The van der Waals surface area contributed by atoms with E-state index in [1.54, 1.807) is 18.2 Å². The van der Waals surface area contributed by atoms with Gasteiger partial charge < -0.3 is 15.5 Å². The normalized spacial score (nSPS) is 10.2. The second-order valence-corrected chi connectivity index (χ2v) is 5.88. The average Bonchev–Trinajstić information content (AvgIpc) is 2.40. The molecular formula is C14H9Br2NO4. The molecule has 0 heterocycles. The summed E-state index contributed by atoms with van der Waals surface area (Å²) in [6.45, 7) is 0. The lowest BCUT2D eigenvalue weighted by molar-refractivity contribution is 0.0697. The summed E-state index contributed by atoms with van der Waals surface area (Å²) in [7, 11) is 0. The fourth-order valence-electron chi connectivity index (χ4n) is 1.68. The number of amides is 1. The Morgan fingerprint density at radius 1 is 1.00 bits per heavy atom. The zero-order chi connectivity index (χ0) is 15.6. The monoisotopic (exact) mass is 413 g/mol. The molecule has 0 fully saturated rings. The number of phenolic OH excluding ortho intramolecular Hbond substituents is 1. The third-order valence-corrected chi connectivity index (χ3v) is 3.81. The maximum Gasteiger partial charge on any atom is 0.337 e. The largest absolute Gasteiger partial charge is 0.508 e. The van der Waals surface area contributed by atoms with Crippen molar-refractivity contribution in [1.82, 2.24) is 0 Å². The predicted octanol–water partition coefficient (Wildman–Crippen LogP) is 3.87. The van der Waals surface area contributed by atoms with E-state index in [4.69, 9.17) is 5.11 Å². The van der Waals surface area contributed by atoms with Gasteiger partial charge >= 0.3 is 5.97 Å². The zero-order valence-corrected chi connectivity index (χ0v) is 13.6. The third kappa shape index (κ3) is 3.62. The Morgan fingerprint density at radius 3 is 2.33 bits per heavy atom. The first kappa shape index (κ1) is 15.5. The number of rotatable bonds is 3. The standard InChI is InChI=1S/C14H9Br2NO4/c15-7-1-3-9(11(16)5-7)13(19)17-12-4-2-8(18)6-10(12)14(20)21/h1-6,18H,(H,17,19)(H,20,21). The van der Waals surface area contributed by atoms with Gasteiger partial charge in [0.05, 0.1) is 16.8 Å². The molecule has 5 nitrogen and oxygen atoms in total. The maximum absolute atomic E-state index is 12.2. The summed E-state index contributed by atoms with van der Waals surface area (Å²) in [4.78, 5) is 23.3. The van der Waals surface area contributed by atoms with Crippen LogP contribution in [0.5, 0.6) is 5.75 Å². The summed E-state index contributed by atoms with van der Waals surface area (Å²) in [6, 6.07) is 8.74. The van der Waals surface area contributed by atoms with Crippen LogP contribution in [0.4, 0.5) is 5.69 Å². The Balaban J connectivity index is 2.34. The van der Waals surface area contributed by atoms with E-state index in [-0.39, 0.29) is 17.0 Å². The molecule has 7 heteroatoms. The van der Waals surface area contributed by atoms with Gasteiger partial charge in [-0.1, -0.05) is 15.9 Å². The highest BCUT2D eigenvalue weighted by Gasteiger charge is 2.16. The van der Waals surface area contributed by atoms with Gasteiger partial charge in [0.25, 0.3) is 5.91 Å². The van der Waals surface area contributed by atoms with Crippen molar-refractivity contribution in [3.63, 3.8) is 0 Å². The quantitative estimate of drug-likeness (QED) is 0.665. The minimum absolute atomic E-state index is 0.111. The molecule has 0 bridgehead atoms. The molecule has 3 N–H and O–H groups in total. The molecule has 0 unspecified atom stereocenters. The second-order valence-electron chi connectivity index (χ2n) is 4.11. The Bertz CT molecular complexity index is 731. The van der Waals surface area contributed by atoms with Crippen LogP contribution in [0.1, 0.15) is 20.7 Å². The van der Waals surface area contributed by atoms with Crippen LogP contribution < -0.4 is 5.32 Å². The third-order valence-electron chi connectivity index (χ3n) is 2.66. The van der Waals surface area contributed by atoms with Gasteiger partial charge in [-0.05, 0) is 52.3 Å². The molecule has 0 saturated carbocycles. The fourth-order valence-corrected chi connectivity index (χ4v) is 2.91. The van der Waals surface area contributed by atoms with Crippen molar-refractivity contribution in [1.29, 1.82) is 0 Å². The van der Waals surface area contributed by atoms with Crippen molar-refractivity contribution in [3.05, 3.63) is 56.5 Å². The van der Waals surface area contributed by atoms with Gasteiger partial charge in [0.2, 0.25) is 0 Å². The molecule has 0 aliphatic rings. The summed E-state index contributed by atoms with van der Waals surface area (Å²) in [5.74, 6) is -1.88. The van der Waals surface area contributed by atoms with Crippen LogP contribution in [0, 0.1) is 0 Å². The van der Waals surface area contributed by atoms with Gasteiger partial charge in [0.15, 0.2) is 0 Å². The van der Waals surface area contributed by atoms with E-state index in [0.717, 1.165) is 10.5 Å². The van der Waals surface area contributed by atoms with Gasteiger partial charge in [-0.25, -0.2) is 4.79 Å². The second kappa shape index (κ2) is 6.28. The fraction of sp³-hybridized carbons (Fsp3) is 0. The van der Waals surface area contributed by atoms with E-state index in [0.29, 0.717) is 10.0 Å². The molecule has 0 spiro atoms. The number of phenols is 1. The summed E-state index contributed by atoms with van der Waals surface area (Å²) in [5, 5.41) is 20.9. The van der Waals surface area contributed by atoms with Crippen LogP contribution in [0.15, 0.2) is 45.3 Å². The summed E-state index contributed by atoms with van der Waals surface area (Å²) < 4.78 is 1.38. The molecule has 0 aliphatic carbocycles. The number of halogens is 2. The van der Waals surface area contributed by atoms with Crippen LogP contribution in [0.2, 0.25) is 0 Å². The first-order chi connectivity index (χ1) is 9.88. The minimum atomic E-state index is -1.24. The van der Waals surface area contributed by atoms with Crippen molar-refractivity contribution < 1.29 is 19.8 Å². The van der Waals surface area contributed by atoms with E-state index in [2.05, 4.69) is 37.2 Å². The first-order valence-electron chi connectivity index (χ1n) is 5.71. The van der Waals surface area contributed by atoms with E-state index >= 15 is 0 Å². The van der Waals surface area contributed by atoms with Gasteiger partial charge in [-0.15, -0.1) is 0 Å². The highest BCUT2D eigenvalue weighted by Crippen LogP contribution is 2.25. The van der Waals surface area contributed by atoms with E-state index < -0.39 is 11.9 Å². The van der Waals surface area contributed by atoms with Crippen molar-refractivity contribution in [2.24, 2.45) is 0 Å². The van der Waals surface area contributed by atoms with Gasteiger partial charge in [0.1, 0.15) is 5.75 Å². The molecule has 0 aromatic heterocycles. The summed E-state index contributed by atoms with van der Waals surface area (Å²) >= 11 is 6.56. The molecule has 2 aromatic carbocycles. The van der Waals surface area contributed by atoms with Crippen molar-refractivity contribution in [2.75, 3.05) is 5.32 Å². The lowest BCUT2D eigenvalue weighted by Crippen LogP contribution is -2.15. The number of carboxylic acid groups (broad SMARTS) is 1. The Labute approximate surface area is 136 Å². The zero-order valence-electron chi connectivity index (χ0n) is 10.4. The molecule has 0 radical (unpaired) electrons. The Kier molecular flexibility index (Phi) is 4.64. The van der Waals surface area contributed by atoms with Crippen LogP contribution in [0.25, 0.3) is 0 Å². The van der Waals surface area contributed by atoms with E-state index in [1.165, 1.54) is 12.1 Å². The number of carboxylic acids is 1. The number of benzene rings is 2. The van der Waals surface area contributed by atoms with Crippen molar-refractivity contribution in [3.8, 4) is 5.75 Å². The van der Waals surface area contributed by atoms with Crippen molar-refractivity contribution in [2.45, 2.75) is 0 Å². The number of nitrogens with one attached hydrogen (secondary N) is 1. The van der Waals surface area contributed by atoms with Crippen LogP contribution in [-0.2, 0) is 0 Å². The molecule has 108 valence electrons. The smallest absolute Gasteiger partial charge is 0.337 e. The van der Waals surface area contributed by atoms with Crippen LogP contribution in [-0.4, -0.2) is 22.1 Å². The molecule has 1 amide bonds. The van der Waals surface area contributed by atoms with Crippen molar-refractivity contribution >= 4 is 49.4 Å².